The van der Waals surface area contributed by atoms with Crippen LogP contribution in [0.2, 0.25) is 0 Å². The molecule has 2 aliphatic rings. The normalized spacial score (nSPS) is 20.0. The van der Waals surface area contributed by atoms with E-state index in [1.54, 1.807) is 0 Å². The smallest absolute Gasteiger partial charge is 0.337 e. The molecule has 0 spiro atoms. The Hall–Kier alpha value is -2.07. The number of carboxylic acid groups (broad SMARTS) is 1. The van der Waals surface area contributed by atoms with Gasteiger partial charge in [0.15, 0.2) is 6.10 Å². The molecule has 1 aliphatic carbocycles. The fourth-order valence-electron chi connectivity index (χ4n) is 4.15. The molecule has 0 aromatic heterocycles. The third kappa shape index (κ3) is 4.27. The van der Waals surface area contributed by atoms with Crippen LogP contribution in [0.5, 0.6) is 5.75 Å². The maximum atomic E-state index is 12.1. The molecule has 146 valence electrons. The number of rotatable bonds is 4. The number of allylic oxidation sites excluding steroid dienone is 1. The Bertz CT molecular complexity index is 793. The summed E-state index contributed by atoms with van der Waals surface area (Å²) >= 11 is 0. The first-order valence-electron chi connectivity index (χ1n) is 9.66. The van der Waals surface area contributed by atoms with Crippen molar-refractivity contribution in [3.8, 4) is 5.75 Å². The highest BCUT2D eigenvalue weighted by Gasteiger charge is 2.38. The van der Waals surface area contributed by atoms with Gasteiger partial charge in [0.05, 0.1) is 5.60 Å². The highest BCUT2D eigenvalue weighted by molar-refractivity contribution is 5.85. The summed E-state index contributed by atoms with van der Waals surface area (Å²) in [5.41, 5.74) is 3.45. The minimum absolute atomic E-state index is 0.115. The van der Waals surface area contributed by atoms with E-state index in [0.717, 1.165) is 47.3 Å². The highest BCUT2D eigenvalue weighted by atomic mass is 16.5. The molecule has 1 aromatic rings. The molecule has 0 bridgehead atoms. The third-order valence-corrected chi connectivity index (χ3v) is 5.19. The Kier molecular flexibility index (Phi) is 5.22. The fourth-order valence-corrected chi connectivity index (χ4v) is 4.15. The van der Waals surface area contributed by atoms with Crippen LogP contribution in [-0.4, -0.2) is 29.4 Å². The lowest BCUT2D eigenvalue weighted by Gasteiger charge is -2.39. The van der Waals surface area contributed by atoms with Crippen molar-refractivity contribution in [2.45, 2.75) is 65.6 Å². The summed E-state index contributed by atoms with van der Waals surface area (Å²) in [5, 5.41) is 9.93. The summed E-state index contributed by atoms with van der Waals surface area (Å²) < 4.78 is 11.7. The summed E-state index contributed by atoms with van der Waals surface area (Å²) in [6, 6.07) is 6.16. The molecular weight excluding hydrogens is 340 g/mol. The molecule has 0 fully saturated rings. The topological polar surface area (TPSA) is 55.8 Å². The Morgan fingerprint density at radius 1 is 1.30 bits per heavy atom. The predicted octanol–water partition coefficient (Wildman–Crippen LogP) is 5.32. The van der Waals surface area contributed by atoms with Crippen molar-refractivity contribution in [1.29, 1.82) is 0 Å². The van der Waals surface area contributed by atoms with Gasteiger partial charge in [-0.1, -0.05) is 26.0 Å². The number of benzene rings is 1. The second kappa shape index (κ2) is 7.16. The van der Waals surface area contributed by atoms with Crippen LogP contribution in [0, 0.1) is 5.41 Å². The number of hydrogen-bond donors (Lipinski definition) is 1. The van der Waals surface area contributed by atoms with Crippen LogP contribution in [0.25, 0.3) is 11.6 Å². The van der Waals surface area contributed by atoms with E-state index >= 15 is 0 Å². The second-order valence-corrected chi connectivity index (χ2v) is 9.05. The van der Waals surface area contributed by atoms with E-state index in [-0.39, 0.29) is 5.41 Å². The van der Waals surface area contributed by atoms with Crippen molar-refractivity contribution < 1.29 is 19.4 Å². The fraction of sp³-hybridized carbons (Fsp3) is 0.522. The van der Waals surface area contributed by atoms with Gasteiger partial charge < -0.3 is 14.6 Å². The van der Waals surface area contributed by atoms with Gasteiger partial charge in [0.1, 0.15) is 12.4 Å². The Morgan fingerprint density at radius 2 is 2.04 bits per heavy atom. The van der Waals surface area contributed by atoms with Crippen LogP contribution >= 0.6 is 0 Å². The molecule has 1 heterocycles. The van der Waals surface area contributed by atoms with E-state index in [9.17, 15) is 9.90 Å². The number of carboxylic acids is 1. The first-order valence-corrected chi connectivity index (χ1v) is 9.66. The Labute approximate surface area is 161 Å². The SMILES string of the molecule is CC(C)(C)OC(C(=O)O)C1=C(c2ccc3c(c2)C=CCO3)C(C)(C)CCC1. The second-order valence-electron chi connectivity index (χ2n) is 9.05. The van der Waals surface area contributed by atoms with Crippen molar-refractivity contribution in [2.75, 3.05) is 6.61 Å². The standard InChI is InChI=1S/C23H30O4/c1-22(2,3)27-20(21(24)25)17-9-6-12-23(4,5)19(17)16-10-11-18-15(14-16)8-7-13-26-18/h7-8,10-11,14,20H,6,9,12-13H2,1-5H3,(H,24,25). The first-order chi connectivity index (χ1) is 12.6. The molecule has 1 atom stereocenters. The molecule has 4 nitrogen and oxygen atoms in total. The maximum absolute atomic E-state index is 12.1. The highest BCUT2D eigenvalue weighted by Crippen LogP contribution is 2.48. The van der Waals surface area contributed by atoms with E-state index in [2.05, 4.69) is 32.1 Å². The average molecular weight is 370 g/mol. The van der Waals surface area contributed by atoms with Gasteiger partial charge in [-0.05, 0) is 80.4 Å². The average Bonchev–Trinajstić information content (AvgIpc) is 2.57. The monoisotopic (exact) mass is 370 g/mol. The molecule has 0 amide bonds. The Morgan fingerprint density at radius 3 is 2.70 bits per heavy atom. The molecule has 0 radical (unpaired) electrons. The van der Waals surface area contributed by atoms with Gasteiger partial charge in [0.2, 0.25) is 0 Å². The molecule has 0 saturated heterocycles. The van der Waals surface area contributed by atoms with Gasteiger partial charge in [-0.3, -0.25) is 0 Å². The van der Waals surface area contributed by atoms with Crippen LogP contribution in [0.1, 0.15) is 65.0 Å². The van der Waals surface area contributed by atoms with Crippen molar-refractivity contribution in [3.63, 3.8) is 0 Å². The van der Waals surface area contributed by atoms with Gasteiger partial charge in [-0.2, -0.15) is 0 Å². The predicted molar refractivity (Wildman–Crippen MR) is 108 cm³/mol. The Balaban J connectivity index is 2.16. The first kappa shape index (κ1) is 19.7. The molecular formula is C23H30O4. The van der Waals surface area contributed by atoms with Gasteiger partial charge in [0, 0.05) is 5.56 Å². The van der Waals surface area contributed by atoms with Crippen molar-refractivity contribution in [1.82, 2.24) is 0 Å². The summed E-state index contributed by atoms with van der Waals surface area (Å²) in [6.45, 7) is 10.7. The molecule has 27 heavy (non-hydrogen) atoms. The molecule has 0 saturated carbocycles. The van der Waals surface area contributed by atoms with Crippen LogP contribution < -0.4 is 4.74 Å². The van der Waals surface area contributed by atoms with E-state index in [1.165, 1.54) is 0 Å². The van der Waals surface area contributed by atoms with Gasteiger partial charge in [-0.15, -0.1) is 0 Å². The molecule has 1 aromatic carbocycles. The third-order valence-electron chi connectivity index (χ3n) is 5.19. The maximum Gasteiger partial charge on any atom is 0.337 e. The zero-order chi connectivity index (χ0) is 19.8. The zero-order valence-corrected chi connectivity index (χ0v) is 17.0. The number of carbonyl (C=O) groups is 1. The largest absolute Gasteiger partial charge is 0.489 e. The number of hydrogen-bond acceptors (Lipinski definition) is 3. The lowest BCUT2D eigenvalue weighted by atomic mass is 9.68. The van der Waals surface area contributed by atoms with Gasteiger partial charge in [0.25, 0.3) is 0 Å². The summed E-state index contributed by atoms with van der Waals surface area (Å²) in [5.74, 6) is -0.0472. The minimum atomic E-state index is -0.928. The lowest BCUT2D eigenvalue weighted by molar-refractivity contribution is -0.156. The zero-order valence-electron chi connectivity index (χ0n) is 17.0. The molecule has 4 heteroatoms. The number of ether oxygens (including phenoxy) is 2. The van der Waals surface area contributed by atoms with E-state index in [4.69, 9.17) is 9.47 Å². The quantitative estimate of drug-likeness (QED) is 0.779. The van der Waals surface area contributed by atoms with E-state index in [0.29, 0.717) is 6.61 Å². The summed E-state index contributed by atoms with van der Waals surface area (Å²) in [6.07, 6.45) is 5.88. The molecule has 1 N–H and O–H groups in total. The lowest BCUT2D eigenvalue weighted by Crippen LogP contribution is -2.37. The number of aliphatic carboxylic acids is 1. The van der Waals surface area contributed by atoms with Crippen molar-refractivity contribution >= 4 is 17.6 Å². The van der Waals surface area contributed by atoms with Gasteiger partial charge in [-0.25, -0.2) is 4.79 Å². The van der Waals surface area contributed by atoms with Crippen molar-refractivity contribution in [2.24, 2.45) is 5.41 Å². The molecule has 1 unspecified atom stereocenters. The minimum Gasteiger partial charge on any atom is -0.489 e. The molecule has 1 aliphatic heterocycles. The van der Waals surface area contributed by atoms with Crippen LogP contribution in [-0.2, 0) is 9.53 Å². The van der Waals surface area contributed by atoms with Crippen LogP contribution in [0.4, 0.5) is 0 Å². The van der Waals surface area contributed by atoms with E-state index < -0.39 is 17.7 Å². The summed E-state index contributed by atoms with van der Waals surface area (Å²) in [7, 11) is 0. The van der Waals surface area contributed by atoms with Crippen LogP contribution in [0.3, 0.4) is 0 Å². The van der Waals surface area contributed by atoms with E-state index in [1.807, 2.05) is 32.9 Å². The van der Waals surface area contributed by atoms with Crippen LogP contribution in [0.15, 0.2) is 29.8 Å². The number of fused-ring (bicyclic) bond motifs is 1. The van der Waals surface area contributed by atoms with Gasteiger partial charge >= 0.3 is 5.97 Å². The van der Waals surface area contributed by atoms with Crippen molar-refractivity contribution in [3.05, 3.63) is 41.0 Å². The molecule has 3 rings (SSSR count). The summed E-state index contributed by atoms with van der Waals surface area (Å²) in [4.78, 5) is 12.1.